The van der Waals surface area contributed by atoms with Crippen molar-refractivity contribution in [1.29, 1.82) is 0 Å². The summed E-state index contributed by atoms with van der Waals surface area (Å²) in [5.41, 5.74) is 1.92. The average Bonchev–Trinajstić information content (AvgIpc) is 2.86. The van der Waals surface area contributed by atoms with E-state index >= 15 is 0 Å². The van der Waals surface area contributed by atoms with Crippen LogP contribution in [0, 0.1) is 6.92 Å². The molecule has 2 saturated heterocycles. The highest BCUT2D eigenvalue weighted by Gasteiger charge is 2.57. The van der Waals surface area contributed by atoms with Gasteiger partial charge in [-0.3, -0.25) is 9.59 Å². The molecule has 2 aromatic carbocycles. The third kappa shape index (κ3) is 2.67. The fraction of sp³-hybridized carbons (Fsp3) is 0.273. The van der Waals surface area contributed by atoms with Gasteiger partial charge in [0, 0.05) is 6.61 Å². The molecule has 2 heterocycles. The molecule has 0 aliphatic carbocycles. The van der Waals surface area contributed by atoms with Gasteiger partial charge in [-0.05, 0) is 50.0 Å². The normalized spacial score (nSPS) is 24.7. The summed E-state index contributed by atoms with van der Waals surface area (Å²) in [5, 5.41) is 0. The number of benzene rings is 2. The number of nitrogens with zero attached hydrogens (tertiary/aromatic N) is 1. The van der Waals surface area contributed by atoms with Gasteiger partial charge in [-0.1, -0.05) is 48.0 Å². The first-order valence-electron chi connectivity index (χ1n) is 8.98. The second-order valence-corrected chi connectivity index (χ2v) is 6.88. The number of hydrogen-bond donors (Lipinski definition) is 0. The smallest absolute Gasteiger partial charge is 0.271 e. The molecule has 4 heteroatoms. The quantitative estimate of drug-likeness (QED) is 0.612. The van der Waals surface area contributed by atoms with Crippen LogP contribution in [-0.2, 0) is 14.3 Å². The predicted octanol–water partition coefficient (Wildman–Crippen LogP) is 3.89. The first kappa shape index (κ1) is 16.7. The van der Waals surface area contributed by atoms with Gasteiger partial charge in [0.05, 0.1) is 11.3 Å². The summed E-state index contributed by atoms with van der Waals surface area (Å²) in [4.78, 5) is 27.8. The minimum atomic E-state index is -1.16. The molecule has 1 atom stereocenters. The summed E-state index contributed by atoms with van der Waals surface area (Å²) in [5.74, 6) is -0.560. The Hall–Kier alpha value is -2.72. The molecule has 4 rings (SSSR count). The maximum atomic E-state index is 13.3. The lowest BCUT2D eigenvalue weighted by atomic mass is 9.86. The van der Waals surface area contributed by atoms with Gasteiger partial charge >= 0.3 is 0 Å². The molecular formula is C22H21NO3. The number of carbonyl (C=O) groups is 2. The van der Waals surface area contributed by atoms with Crippen LogP contribution in [0.5, 0.6) is 0 Å². The van der Waals surface area contributed by atoms with E-state index in [1.165, 1.54) is 4.90 Å². The van der Waals surface area contributed by atoms with E-state index < -0.39 is 5.60 Å². The van der Waals surface area contributed by atoms with E-state index in [-0.39, 0.29) is 11.8 Å². The number of aryl methyl sites for hydroxylation is 1. The van der Waals surface area contributed by atoms with Crippen LogP contribution in [0.4, 0.5) is 5.69 Å². The van der Waals surface area contributed by atoms with Crippen molar-refractivity contribution in [3.63, 3.8) is 0 Å². The van der Waals surface area contributed by atoms with Crippen LogP contribution < -0.4 is 4.90 Å². The van der Waals surface area contributed by atoms with Crippen LogP contribution in [-0.4, -0.2) is 24.0 Å². The number of carbonyl (C=O) groups excluding carboxylic acids is 2. The molecule has 0 aromatic heterocycles. The number of amides is 2. The van der Waals surface area contributed by atoms with Gasteiger partial charge in [-0.15, -0.1) is 0 Å². The Morgan fingerprint density at radius 1 is 1.00 bits per heavy atom. The zero-order valence-corrected chi connectivity index (χ0v) is 14.8. The van der Waals surface area contributed by atoms with Gasteiger partial charge in [-0.25, -0.2) is 4.90 Å². The maximum absolute atomic E-state index is 13.3. The molecule has 2 aliphatic heterocycles. The molecule has 2 amide bonds. The Bertz CT molecular complexity index is 862. The topological polar surface area (TPSA) is 46.6 Å². The summed E-state index contributed by atoms with van der Waals surface area (Å²) in [6.07, 6.45) is 4.13. The number of rotatable bonds is 2. The van der Waals surface area contributed by atoms with Crippen molar-refractivity contribution in [3.05, 3.63) is 71.3 Å². The van der Waals surface area contributed by atoms with E-state index in [0.717, 1.165) is 24.0 Å². The van der Waals surface area contributed by atoms with Crippen LogP contribution >= 0.6 is 0 Å². The fourth-order valence-electron chi connectivity index (χ4n) is 3.68. The Morgan fingerprint density at radius 3 is 2.38 bits per heavy atom. The van der Waals surface area contributed by atoms with E-state index in [1.54, 1.807) is 12.1 Å². The van der Waals surface area contributed by atoms with Crippen molar-refractivity contribution < 1.29 is 14.3 Å². The van der Waals surface area contributed by atoms with Crippen molar-refractivity contribution in [3.8, 4) is 0 Å². The zero-order chi connectivity index (χ0) is 18.1. The van der Waals surface area contributed by atoms with Gasteiger partial charge in [0.1, 0.15) is 0 Å². The van der Waals surface area contributed by atoms with Crippen molar-refractivity contribution >= 4 is 23.6 Å². The average molecular weight is 347 g/mol. The molecule has 0 N–H and O–H groups in total. The van der Waals surface area contributed by atoms with E-state index in [9.17, 15) is 9.59 Å². The lowest BCUT2D eigenvalue weighted by Gasteiger charge is -2.32. The Balaban J connectivity index is 1.83. The second kappa shape index (κ2) is 6.54. The summed E-state index contributed by atoms with van der Waals surface area (Å²) in [6.45, 7) is 2.51. The second-order valence-electron chi connectivity index (χ2n) is 6.88. The van der Waals surface area contributed by atoms with Crippen molar-refractivity contribution in [2.75, 3.05) is 11.5 Å². The standard InChI is InChI=1S/C22H21NO3/c1-16-9-11-17(12-10-16)15-19-20(24)23(18-7-3-2-4-8-18)21(25)22(19)13-5-6-14-26-22/h2-4,7-12,15H,5-6,13-14H2,1H3. The third-order valence-electron chi connectivity index (χ3n) is 5.09. The van der Waals surface area contributed by atoms with Crippen molar-refractivity contribution in [1.82, 2.24) is 0 Å². The van der Waals surface area contributed by atoms with Crippen LogP contribution in [0.25, 0.3) is 6.08 Å². The van der Waals surface area contributed by atoms with Crippen molar-refractivity contribution in [2.24, 2.45) is 0 Å². The molecule has 4 nitrogen and oxygen atoms in total. The monoisotopic (exact) mass is 347 g/mol. The first-order chi connectivity index (χ1) is 12.6. The molecule has 2 aromatic rings. The molecule has 1 spiro atoms. The van der Waals surface area contributed by atoms with Gasteiger partial charge in [0.15, 0.2) is 5.60 Å². The lowest BCUT2D eigenvalue weighted by molar-refractivity contribution is -0.140. The first-order valence-corrected chi connectivity index (χ1v) is 8.98. The van der Waals surface area contributed by atoms with Crippen molar-refractivity contribution in [2.45, 2.75) is 31.8 Å². The van der Waals surface area contributed by atoms with Gasteiger partial charge < -0.3 is 4.74 Å². The number of para-hydroxylation sites is 1. The highest BCUT2D eigenvalue weighted by Crippen LogP contribution is 2.42. The van der Waals surface area contributed by atoms with E-state index in [2.05, 4.69) is 0 Å². The minimum Gasteiger partial charge on any atom is -0.360 e. The van der Waals surface area contributed by atoms with E-state index in [4.69, 9.17) is 4.74 Å². The van der Waals surface area contributed by atoms with E-state index in [1.807, 2.05) is 55.5 Å². The van der Waals surface area contributed by atoms with Crippen LogP contribution in [0.15, 0.2) is 60.2 Å². The predicted molar refractivity (Wildman–Crippen MR) is 101 cm³/mol. The summed E-state index contributed by atoms with van der Waals surface area (Å²) in [7, 11) is 0. The fourth-order valence-corrected chi connectivity index (χ4v) is 3.68. The third-order valence-corrected chi connectivity index (χ3v) is 5.09. The molecule has 2 aliphatic rings. The SMILES string of the molecule is Cc1ccc(C=C2C(=O)N(c3ccccc3)C(=O)C23CCCCO3)cc1. The number of hydrogen-bond acceptors (Lipinski definition) is 3. The Morgan fingerprint density at radius 2 is 1.73 bits per heavy atom. The molecule has 2 fully saturated rings. The molecule has 1 unspecified atom stereocenters. The molecule has 0 radical (unpaired) electrons. The zero-order valence-electron chi connectivity index (χ0n) is 14.8. The van der Waals surface area contributed by atoms with Crippen LogP contribution in [0.1, 0.15) is 30.4 Å². The van der Waals surface area contributed by atoms with E-state index in [0.29, 0.717) is 24.3 Å². The number of ether oxygens (including phenoxy) is 1. The molecule has 0 bridgehead atoms. The number of anilines is 1. The van der Waals surface area contributed by atoms with Gasteiger partial charge in [-0.2, -0.15) is 0 Å². The number of imide groups is 1. The minimum absolute atomic E-state index is 0.272. The summed E-state index contributed by atoms with van der Waals surface area (Å²) >= 11 is 0. The molecule has 26 heavy (non-hydrogen) atoms. The van der Waals surface area contributed by atoms with Gasteiger partial charge in [0.25, 0.3) is 11.8 Å². The summed E-state index contributed by atoms with van der Waals surface area (Å²) < 4.78 is 5.99. The molecular weight excluding hydrogens is 326 g/mol. The van der Waals surface area contributed by atoms with Gasteiger partial charge in [0.2, 0.25) is 0 Å². The highest BCUT2D eigenvalue weighted by atomic mass is 16.5. The summed E-state index contributed by atoms with van der Waals surface area (Å²) in [6, 6.07) is 17.0. The highest BCUT2D eigenvalue weighted by molar-refractivity contribution is 6.33. The molecule has 132 valence electrons. The lowest BCUT2D eigenvalue weighted by Crippen LogP contribution is -2.45. The maximum Gasteiger partial charge on any atom is 0.271 e. The Labute approximate surface area is 153 Å². The van der Waals surface area contributed by atoms with Crippen LogP contribution in [0.3, 0.4) is 0 Å². The largest absolute Gasteiger partial charge is 0.360 e. The Kier molecular flexibility index (Phi) is 4.21. The van der Waals surface area contributed by atoms with Crippen LogP contribution in [0.2, 0.25) is 0 Å². The molecule has 0 saturated carbocycles.